The van der Waals surface area contributed by atoms with Crippen LogP contribution in [0.3, 0.4) is 0 Å². The second-order valence-electron chi connectivity index (χ2n) is 6.53. The fraction of sp³-hybridized carbons (Fsp3) is 0.435. The fourth-order valence-corrected chi connectivity index (χ4v) is 3.20. The SMILES string of the molecule is CCCOC(=O)c1cc(OC)c(OC)c(OC)c1CCc1cc(OC)cc(OC)c1. The Morgan fingerprint density at radius 3 is 1.90 bits per heavy atom. The summed E-state index contributed by atoms with van der Waals surface area (Å²) in [5.41, 5.74) is 2.08. The molecule has 30 heavy (non-hydrogen) atoms. The molecule has 0 radical (unpaired) electrons. The van der Waals surface area contributed by atoms with Gasteiger partial charge >= 0.3 is 5.97 Å². The van der Waals surface area contributed by atoms with Gasteiger partial charge in [-0.1, -0.05) is 6.92 Å². The van der Waals surface area contributed by atoms with Crippen molar-refractivity contribution in [3.63, 3.8) is 0 Å². The quantitative estimate of drug-likeness (QED) is 0.509. The highest BCUT2D eigenvalue weighted by atomic mass is 16.5. The Balaban J connectivity index is 2.49. The number of hydrogen-bond donors (Lipinski definition) is 0. The second-order valence-corrected chi connectivity index (χ2v) is 6.53. The van der Waals surface area contributed by atoms with E-state index in [-0.39, 0.29) is 0 Å². The van der Waals surface area contributed by atoms with Crippen molar-refractivity contribution in [3.8, 4) is 28.7 Å². The molecular weight excluding hydrogens is 388 g/mol. The lowest BCUT2D eigenvalue weighted by atomic mass is 9.97. The summed E-state index contributed by atoms with van der Waals surface area (Å²) in [5.74, 6) is 2.27. The zero-order valence-electron chi connectivity index (χ0n) is 18.5. The number of hydrogen-bond acceptors (Lipinski definition) is 7. The molecule has 7 heteroatoms. The van der Waals surface area contributed by atoms with E-state index >= 15 is 0 Å². The lowest BCUT2D eigenvalue weighted by molar-refractivity contribution is 0.0502. The number of carbonyl (C=O) groups excluding carboxylic acids is 1. The largest absolute Gasteiger partial charge is 0.497 e. The molecule has 0 aromatic heterocycles. The van der Waals surface area contributed by atoms with E-state index < -0.39 is 5.97 Å². The standard InChI is InChI=1S/C23H30O7/c1-7-10-30-23(24)19-14-20(27-4)22(29-6)21(28-5)18(19)9-8-15-11-16(25-2)13-17(12-15)26-3/h11-14H,7-10H2,1-6H3. The van der Waals surface area contributed by atoms with Gasteiger partial charge in [-0.3, -0.25) is 0 Å². The summed E-state index contributed by atoms with van der Waals surface area (Å²) >= 11 is 0. The first-order valence-electron chi connectivity index (χ1n) is 9.73. The first kappa shape index (κ1) is 23.2. The number of benzene rings is 2. The number of methoxy groups -OCH3 is 5. The highest BCUT2D eigenvalue weighted by molar-refractivity contribution is 5.93. The first-order valence-corrected chi connectivity index (χ1v) is 9.73. The maximum atomic E-state index is 12.8. The van der Waals surface area contributed by atoms with Gasteiger partial charge in [-0.25, -0.2) is 4.79 Å². The van der Waals surface area contributed by atoms with Crippen LogP contribution in [0.25, 0.3) is 0 Å². The molecule has 0 aliphatic heterocycles. The third kappa shape index (κ3) is 5.28. The van der Waals surface area contributed by atoms with Crippen LogP contribution in [0.1, 0.15) is 34.8 Å². The number of esters is 1. The van der Waals surface area contributed by atoms with Gasteiger partial charge in [-0.05, 0) is 43.0 Å². The van der Waals surface area contributed by atoms with Crippen molar-refractivity contribution >= 4 is 5.97 Å². The van der Waals surface area contributed by atoms with E-state index in [1.807, 2.05) is 25.1 Å². The monoisotopic (exact) mass is 418 g/mol. The number of rotatable bonds is 11. The molecule has 0 amide bonds. The van der Waals surface area contributed by atoms with Gasteiger partial charge in [0.25, 0.3) is 0 Å². The molecule has 7 nitrogen and oxygen atoms in total. The average molecular weight is 418 g/mol. The van der Waals surface area contributed by atoms with Crippen LogP contribution in [0.2, 0.25) is 0 Å². The third-order valence-electron chi connectivity index (χ3n) is 4.66. The molecule has 0 bridgehead atoms. The minimum atomic E-state index is -0.422. The van der Waals surface area contributed by atoms with Gasteiger partial charge in [0.05, 0.1) is 47.7 Å². The van der Waals surface area contributed by atoms with Crippen molar-refractivity contribution in [2.45, 2.75) is 26.2 Å². The molecule has 2 aromatic rings. The van der Waals surface area contributed by atoms with Gasteiger partial charge < -0.3 is 28.4 Å². The average Bonchev–Trinajstić information content (AvgIpc) is 2.79. The summed E-state index contributed by atoms with van der Waals surface area (Å²) in [6.07, 6.45) is 1.86. The van der Waals surface area contributed by atoms with Crippen molar-refractivity contribution in [3.05, 3.63) is 41.0 Å². The van der Waals surface area contributed by atoms with E-state index in [0.717, 1.165) is 12.0 Å². The van der Waals surface area contributed by atoms with E-state index in [4.69, 9.17) is 28.4 Å². The lowest BCUT2D eigenvalue weighted by Gasteiger charge is -2.19. The van der Waals surface area contributed by atoms with Gasteiger partial charge in [0, 0.05) is 11.6 Å². The zero-order chi connectivity index (χ0) is 22.1. The van der Waals surface area contributed by atoms with E-state index in [1.165, 1.54) is 21.3 Å². The Morgan fingerprint density at radius 1 is 0.767 bits per heavy atom. The summed E-state index contributed by atoms with van der Waals surface area (Å²) in [7, 11) is 7.80. The van der Waals surface area contributed by atoms with Gasteiger partial charge in [0.2, 0.25) is 5.75 Å². The van der Waals surface area contributed by atoms with Crippen molar-refractivity contribution in [1.82, 2.24) is 0 Å². The van der Waals surface area contributed by atoms with Gasteiger partial charge in [0.1, 0.15) is 11.5 Å². The van der Waals surface area contributed by atoms with Crippen LogP contribution in [0.5, 0.6) is 28.7 Å². The normalized spacial score (nSPS) is 10.3. The van der Waals surface area contributed by atoms with Crippen molar-refractivity contribution < 1.29 is 33.2 Å². The summed E-state index contributed by atoms with van der Waals surface area (Å²) in [5, 5.41) is 0. The van der Waals surface area contributed by atoms with Crippen LogP contribution in [0, 0.1) is 0 Å². The highest BCUT2D eigenvalue weighted by Gasteiger charge is 2.25. The van der Waals surface area contributed by atoms with Crippen LogP contribution in [0.4, 0.5) is 0 Å². The molecule has 0 fully saturated rings. The van der Waals surface area contributed by atoms with Crippen LogP contribution in [-0.4, -0.2) is 48.1 Å². The summed E-state index contributed by atoms with van der Waals surface area (Å²) in [4.78, 5) is 12.8. The van der Waals surface area contributed by atoms with Crippen molar-refractivity contribution in [2.24, 2.45) is 0 Å². The predicted molar refractivity (Wildman–Crippen MR) is 114 cm³/mol. The maximum Gasteiger partial charge on any atom is 0.338 e. The molecule has 0 aliphatic carbocycles. The molecule has 0 heterocycles. The third-order valence-corrected chi connectivity index (χ3v) is 4.66. The number of aryl methyl sites for hydroxylation is 1. The maximum absolute atomic E-state index is 12.8. The molecule has 0 saturated heterocycles. The Hall–Kier alpha value is -3.09. The summed E-state index contributed by atoms with van der Waals surface area (Å²) in [6.45, 7) is 2.28. The second kappa shape index (κ2) is 11.2. The molecule has 0 aliphatic rings. The molecule has 0 spiro atoms. The van der Waals surface area contributed by atoms with Crippen LogP contribution >= 0.6 is 0 Å². The van der Waals surface area contributed by atoms with Crippen LogP contribution in [-0.2, 0) is 17.6 Å². The van der Waals surface area contributed by atoms with Crippen LogP contribution in [0.15, 0.2) is 24.3 Å². The molecule has 0 N–H and O–H groups in total. The minimum Gasteiger partial charge on any atom is -0.497 e. The minimum absolute atomic E-state index is 0.335. The molecule has 0 atom stereocenters. The van der Waals surface area contributed by atoms with E-state index in [1.54, 1.807) is 20.3 Å². The number of carbonyl (C=O) groups is 1. The van der Waals surface area contributed by atoms with Crippen molar-refractivity contribution in [1.29, 1.82) is 0 Å². The van der Waals surface area contributed by atoms with E-state index in [2.05, 4.69) is 0 Å². The fourth-order valence-electron chi connectivity index (χ4n) is 3.20. The van der Waals surface area contributed by atoms with Gasteiger partial charge in [-0.2, -0.15) is 0 Å². The molecular formula is C23H30O7. The molecule has 164 valence electrons. The Kier molecular flexibility index (Phi) is 8.65. The summed E-state index contributed by atoms with van der Waals surface area (Å²) < 4.78 is 32.6. The zero-order valence-corrected chi connectivity index (χ0v) is 18.5. The van der Waals surface area contributed by atoms with Gasteiger partial charge in [0.15, 0.2) is 11.5 Å². The molecule has 0 unspecified atom stereocenters. The van der Waals surface area contributed by atoms with Crippen LogP contribution < -0.4 is 23.7 Å². The lowest BCUT2D eigenvalue weighted by Crippen LogP contribution is -2.12. The molecule has 2 rings (SSSR count). The van der Waals surface area contributed by atoms with Crippen molar-refractivity contribution in [2.75, 3.05) is 42.2 Å². The number of ether oxygens (including phenoxy) is 6. The summed E-state index contributed by atoms with van der Waals surface area (Å²) in [6, 6.07) is 7.32. The Morgan fingerprint density at radius 2 is 1.40 bits per heavy atom. The van der Waals surface area contributed by atoms with E-state index in [0.29, 0.717) is 59.3 Å². The first-order chi connectivity index (χ1) is 14.5. The highest BCUT2D eigenvalue weighted by Crippen LogP contribution is 2.43. The van der Waals surface area contributed by atoms with Gasteiger partial charge in [-0.15, -0.1) is 0 Å². The predicted octanol–water partition coefficient (Wildman–Crippen LogP) is 4.08. The smallest absolute Gasteiger partial charge is 0.338 e. The topological polar surface area (TPSA) is 72.5 Å². The van der Waals surface area contributed by atoms with E-state index in [9.17, 15) is 4.79 Å². The Bertz CT molecular complexity index is 839. The Labute approximate surface area is 177 Å². The molecule has 0 saturated carbocycles. The molecule has 2 aromatic carbocycles.